The Morgan fingerprint density at radius 3 is 2.59 bits per heavy atom. The van der Waals surface area contributed by atoms with E-state index in [1.54, 1.807) is 12.4 Å². The third-order valence-electron chi connectivity index (χ3n) is 5.63. The van der Waals surface area contributed by atoms with E-state index in [-0.39, 0.29) is 12.1 Å². The molecule has 1 aromatic rings. The normalized spacial score (nSPS) is 20.3. The number of carbonyl (C=O) groups excluding carboxylic acids is 1. The first kappa shape index (κ1) is 23.5. The number of rotatable bonds is 5. The van der Waals surface area contributed by atoms with Crippen LogP contribution in [0.2, 0.25) is 17.6 Å². The van der Waals surface area contributed by atoms with Gasteiger partial charge in [0.1, 0.15) is 5.60 Å². The van der Waals surface area contributed by atoms with Gasteiger partial charge in [-0.25, -0.2) is 4.79 Å². The first-order valence-electron chi connectivity index (χ1n) is 10.6. The van der Waals surface area contributed by atoms with Crippen molar-refractivity contribution < 1.29 is 9.53 Å². The number of nitrogens with two attached hydrogens (primary N) is 1. The maximum atomic E-state index is 12.4. The number of pyridine rings is 1. The van der Waals surface area contributed by atoms with E-state index in [4.69, 9.17) is 10.5 Å². The number of piperidine rings is 1. The molecule has 1 amide bonds. The highest BCUT2D eigenvalue weighted by Gasteiger charge is 2.38. The van der Waals surface area contributed by atoms with E-state index in [0.29, 0.717) is 16.6 Å². The molecule has 1 aromatic heterocycles. The molecule has 0 saturated carbocycles. The van der Waals surface area contributed by atoms with E-state index in [0.717, 1.165) is 25.2 Å². The van der Waals surface area contributed by atoms with Crippen molar-refractivity contribution in [2.45, 2.75) is 83.7 Å². The van der Waals surface area contributed by atoms with Crippen molar-refractivity contribution in [1.29, 1.82) is 0 Å². The molecule has 0 unspecified atom stereocenters. The molecule has 162 valence electrons. The molecule has 0 radical (unpaired) electrons. The summed E-state index contributed by atoms with van der Waals surface area (Å²) < 4.78 is 5.49. The Labute approximate surface area is 178 Å². The van der Waals surface area contributed by atoms with Gasteiger partial charge >= 0.3 is 14.9 Å². The number of anilines is 2. The maximum Gasteiger partial charge on any atom is 0.407 e. The third-order valence-corrected chi connectivity index (χ3v) is 9.23. The Hall–Kier alpha value is -1.76. The second-order valence-corrected chi connectivity index (χ2v) is 13.9. The molecule has 2 heterocycles. The number of aromatic nitrogens is 1. The highest BCUT2D eigenvalue weighted by atomic mass is 28.3. The minimum Gasteiger partial charge on any atom is -0.444 e. The fourth-order valence-electron chi connectivity index (χ4n) is 3.67. The Morgan fingerprint density at radius 1 is 1.31 bits per heavy atom. The monoisotopic (exact) mass is 419 g/mol. The summed E-state index contributed by atoms with van der Waals surface area (Å²) in [6.07, 6.45) is 5.27. The van der Waals surface area contributed by atoms with Gasteiger partial charge in [0.2, 0.25) is 0 Å². The van der Waals surface area contributed by atoms with Gasteiger partial charge in [-0.2, -0.15) is 0 Å². The van der Waals surface area contributed by atoms with E-state index in [1.807, 2.05) is 26.8 Å². The number of nitrogens with one attached hydrogen (secondary N) is 1. The van der Waals surface area contributed by atoms with Gasteiger partial charge in [0.05, 0.1) is 41.2 Å². The first-order chi connectivity index (χ1) is 13.3. The predicted octanol–water partition coefficient (Wildman–Crippen LogP) is 4.70. The Bertz CT molecular complexity index is 684. The second-order valence-electron chi connectivity index (χ2n) is 10.4. The Balaban J connectivity index is 2.10. The molecule has 2 atom stereocenters. The molecule has 7 heteroatoms. The molecule has 0 aromatic carbocycles. The van der Waals surface area contributed by atoms with E-state index < -0.39 is 14.4 Å². The molecular formula is C22H39N4O2Si+. The molecule has 1 aliphatic heterocycles. The van der Waals surface area contributed by atoms with Gasteiger partial charge in [0.25, 0.3) is 0 Å². The first-order valence-corrected chi connectivity index (χ1v) is 12.8. The number of amides is 1. The summed E-state index contributed by atoms with van der Waals surface area (Å²) in [5.74, 6) is 0.513. The zero-order chi connectivity index (χ0) is 21.8. The Morgan fingerprint density at radius 2 is 2.00 bits per heavy atom. The van der Waals surface area contributed by atoms with Crippen molar-refractivity contribution in [3.8, 4) is 0 Å². The van der Waals surface area contributed by atoms with Crippen molar-refractivity contribution >= 4 is 26.3 Å². The molecule has 29 heavy (non-hydrogen) atoms. The van der Waals surface area contributed by atoms with Crippen LogP contribution in [0.25, 0.3) is 0 Å². The highest BCUT2D eigenvalue weighted by Crippen LogP contribution is 2.34. The van der Waals surface area contributed by atoms with Crippen LogP contribution in [0.1, 0.15) is 54.4 Å². The summed E-state index contributed by atoms with van der Waals surface area (Å²) in [5.41, 5.74) is 7.37. The van der Waals surface area contributed by atoms with Gasteiger partial charge in [0, 0.05) is 19.3 Å². The molecule has 1 saturated heterocycles. The number of nitrogens with zero attached hydrogens (tertiary/aromatic N) is 2. The molecule has 0 spiro atoms. The predicted molar refractivity (Wildman–Crippen MR) is 123 cm³/mol. The van der Waals surface area contributed by atoms with Crippen LogP contribution in [0.5, 0.6) is 0 Å². The molecule has 1 aliphatic rings. The number of carbonyl (C=O) groups is 1. The summed E-state index contributed by atoms with van der Waals surface area (Å²) in [5, 5.41) is 3.50. The number of ether oxygens (including phenoxy) is 1. The van der Waals surface area contributed by atoms with Gasteiger partial charge in [0.15, 0.2) is 0 Å². The summed E-state index contributed by atoms with van der Waals surface area (Å²) in [6, 6.07) is 3.28. The van der Waals surface area contributed by atoms with Crippen LogP contribution in [0.15, 0.2) is 18.5 Å². The third kappa shape index (κ3) is 7.53. The highest BCUT2D eigenvalue weighted by molar-refractivity contribution is 6.60. The standard InChI is InChI=1S/C22H38N4O2Si/c1-21(2,3)28-20(27)25-17-12-16(9-11-29(7)22(4,5)6)14-26(15-17)19-8-10-24-13-18(19)23/h8,10,13,16-17H,9,11-12,14-15,23H2,1-7H3/p+1/t16-,17+/m1/s1. The quantitative estimate of drug-likeness (QED) is 0.676. The van der Waals surface area contributed by atoms with Crippen molar-refractivity contribution in [3.05, 3.63) is 18.5 Å². The maximum absolute atomic E-state index is 12.4. The SMILES string of the molecule is C[Si+](CC[C@@H]1C[C@H](NC(=O)OC(C)(C)C)CN(c2ccncc2N)C1)C(C)(C)C. The summed E-state index contributed by atoms with van der Waals surface area (Å²) in [6.45, 7) is 16.8. The number of hydrogen-bond acceptors (Lipinski definition) is 5. The number of alkyl carbamates (subject to hydrolysis) is 1. The lowest BCUT2D eigenvalue weighted by Crippen LogP contribution is -2.52. The molecule has 0 bridgehead atoms. The van der Waals surface area contributed by atoms with E-state index >= 15 is 0 Å². The van der Waals surface area contributed by atoms with Crippen LogP contribution in [-0.4, -0.2) is 44.6 Å². The van der Waals surface area contributed by atoms with Crippen molar-refractivity contribution in [2.24, 2.45) is 5.92 Å². The van der Waals surface area contributed by atoms with Crippen LogP contribution in [0, 0.1) is 5.92 Å². The second kappa shape index (κ2) is 9.37. The van der Waals surface area contributed by atoms with Gasteiger partial charge in [-0.1, -0.05) is 0 Å². The summed E-state index contributed by atoms with van der Waals surface area (Å²) in [7, 11) is -0.422. The fraction of sp³-hybridized carbons (Fsp3) is 0.727. The largest absolute Gasteiger partial charge is 0.444 e. The summed E-state index contributed by atoms with van der Waals surface area (Å²) in [4.78, 5) is 18.8. The Kier molecular flexibility index (Phi) is 7.60. The zero-order valence-electron chi connectivity index (χ0n) is 19.2. The van der Waals surface area contributed by atoms with Crippen LogP contribution in [0.4, 0.5) is 16.2 Å². The van der Waals surface area contributed by atoms with Crippen molar-refractivity contribution in [2.75, 3.05) is 23.7 Å². The summed E-state index contributed by atoms with van der Waals surface area (Å²) >= 11 is 0. The lowest BCUT2D eigenvalue weighted by molar-refractivity contribution is 0.0493. The number of hydrogen-bond donors (Lipinski definition) is 2. The van der Waals surface area contributed by atoms with E-state index in [1.165, 1.54) is 12.5 Å². The molecule has 3 N–H and O–H groups in total. The molecular weight excluding hydrogens is 380 g/mol. The van der Waals surface area contributed by atoms with Crippen LogP contribution >= 0.6 is 0 Å². The average molecular weight is 420 g/mol. The van der Waals surface area contributed by atoms with Crippen LogP contribution in [0.3, 0.4) is 0 Å². The van der Waals surface area contributed by atoms with Gasteiger partial charge < -0.3 is 20.7 Å². The number of nitrogen functional groups attached to an aromatic ring is 1. The van der Waals surface area contributed by atoms with Crippen molar-refractivity contribution in [3.63, 3.8) is 0 Å². The van der Waals surface area contributed by atoms with Gasteiger partial charge in [-0.05, 0) is 66.4 Å². The fourth-order valence-corrected chi connectivity index (χ4v) is 5.26. The van der Waals surface area contributed by atoms with Gasteiger partial charge in [-0.3, -0.25) is 4.98 Å². The smallest absolute Gasteiger partial charge is 0.407 e. The van der Waals surface area contributed by atoms with Gasteiger partial charge in [-0.15, -0.1) is 0 Å². The van der Waals surface area contributed by atoms with E-state index in [9.17, 15) is 4.79 Å². The van der Waals surface area contributed by atoms with Crippen LogP contribution < -0.4 is 16.0 Å². The lowest BCUT2D eigenvalue weighted by Gasteiger charge is -2.40. The molecule has 2 rings (SSSR count). The molecule has 6 nitrogen and oxygen atoms in total. The molecule has 1 fully saturated rings. The van der Waals surface area contributed by atoms with E-state index in [2.05, 4.69) is 42.5 Å². The van der Waals surface area contributed by atoms with Crippen molar-refractivity contribution in [1.82, 2.24) is 10.3 Å². The minimum atomic E-state index is -0.500. The topological polar surface area (TPSA) is 80.5 Å². The average Bonchev–Trinajstić information content (AvgIpc) is 2.57. The molecule has 0 aliphatic carbocycles. The minimum absolute atomic E-state index is 0.0401. The van der Waals surface area contributed by atoms with Crippen LogP contribution in [-0.2, 0) is 4.74 Å². The zero-order valence-corrected chi connectivity index (χ0v) is 20.2. The lowest BCUT2D eigenvalue weighted by atomic mass is 9.91.